The van der Waals surface area contributed by atoms with Gasteiger partial charge in [0.2, 0.25) is 0 Å². The number of hydrogen-bond acceptors (Lipinski definition) is 4. The van der Waals surface area contributed by atoms with E-state index in [0.29, 0.717) is 16.5 Å². The number of halogens is 2. The van der Waals surface area contributed by atoms with Crippen LogP contribution < -0.4 is 4.90 Å². The molecule has 1 fully saturated rings. The van der Waals surface area contributed by atoms with Gasteiger partial charge in [0.15, 0.2) is 5.65 Å². The topological polar surface area (TPSA) is 36.7 Å². The Morgan fingerprint density at radius 3 is 2.64 bits per heavy atom. The second kappa shape index (κ2) is 6.61. The zero-order valence-corrected chi connectivity index (χ0v) is 14.7. The maximum Gasteiger partial charge on any atom is 0.154 e. The summed E-state index contributed by atoms with van der Waals surface area (Å²) in [5.74, 6) is -0.223. The minimum atomic E-state index is -0.223. The summed E-state index contributed by atoms with van der Waals surface area (Å²) >= 11 is 5.97. The molecule has 0 bridgehead atoms. The fourth-order valence-electron chi connectivity index (χ4n) is 3.28. The van der Waals surface area contributed by atoms with Gasteiger partial charge in [-0.2, -0.15) is 5.10 Å². The molecule has 0 radical (unpaired) electrons. The van der Waals surface area contributed by atoms with Crippen LogP contribution in [0.5, 0.6) is 0 Å². The molecule has 2 aromatic heterocycles. The summed E-state index contributed by atoms with van der Waals surface area (Å²) in [6.07, 6.45) is 1.69. The highest BCUT2D eigenvalue weighted by atomic mass is 35.5. The lowest BCUT2D eigenvalue weighted by Gasteiger charge is -2.35. The van der Waals surface area contributed by atoms with Gasteiger partial charge in [0.05, 0.1) is 17.6 Å². The number of piperazine rings is 1. The molecule has 0 aliphatic carbocycles. The van der Waals surface area contributed by atoms with Crippen LogP contribution in [-0.2, 0) is 0 Å². The van der Waals surface area contributed by atoms with Gasteiger partial charge in [-0.1, -0.05) is 24.6 Å². The predicted molar refractivity (Wildman–Crippen MR) is 97.7 cm³/mol. The van der Waals surface area contributed by atoms with Crippen LogP contribution in [0.3, 0.4) is 0 Å². The predicted octanol–water partition coefficient (Wildman–Crippen LogP) is 3.33. The fraction of sp³-hybridized carbons (Fsp3) is 0.333. The quantitative estimate of drug-likeness (QED) is 0.718. The molecule has 0 spiro atoms. The normalized spacial score (nSPS) is 15.9. The van der Waals surface area contributed by atoms with Crippen molar-refractivity contribution in [1.82, 2.24) is 19.5 Å². The number of benzene rings is 1. The van der Waals surface area contributed by atoms with Crippen molar-refractivity contribution in [2.75, 3.05) is 37.6 Å². The van der Waals surface area contributed by atoms with Crippen LogP contribution in [0.25, 0.3) is 16.9 Å². The molecule has 0 amide bonds. The number of hydrogen-bond donors (Lipinski definition) is 0. The second-order valence-electron chi connectivity index (χ2n) is 6.16. The van der Waals surface area contributed by atoms with Gasteiger partial charge in [-0.3, -0.25) is 0 Å². The first-order valence-corrected chi connectivity index (χ1v) is 8.81. The Hall–Kier alpha value is -2.18. The number of fused-ring (bicyclic) bond motifs is 1. The third-order valence-corrected chi connectivity index (χ3v) is 4.93. The van der Waals surface area contributed by atoms with Crippen LogP contribution in [0.2, 0.25) is 5.15 Å². The Bertz CT molecular complexity index is 902. The van der Waals surface area contributed by atoms with Gasteiger partial charge >= 0.3 is 0 Å². The molecule has 1 aliphatic heterocycles. The molecule has 7 heteroatoms. The van der Waals surface area contributed by atoms with Crippen LogP contribution in [-0.4, -0.2) is 52.2 Å². The van der Waals surface area contributed by atoms with Gasteiger partial charge in [0, 0.05) is 31.7 Å². The highest BCUT2D eigenvalue weighted by Crippen LogP contribution is 2.27. The summed E-state index contributed by atoms with van der Waals surface area (Å²) in [6.45, 7) is 6.81. The van der Waals surface area contributed by atoms with Crippen molar-refractivity contribution in [1.29, 1.82) is 0 Å². The summed E-state index contributed by atoms with van der Waals surface area (Å²) in [6, 6.07) is 8.78. The van der Waals surface area contributed by atoms with Gasteiger partial charge in [-0.05, 0) is 30.8 Å². The summed E-state index contributed by atoms with van der Waals surface area (Å²) < 4.78 is 16.4. The van der Waals surface area contributed by atoms with Gasteiger partial charge < -0.3 is 9.80 Å². The maximum absolute atomic E-state index is 14.8. The largest absolute Gasteiger partial charge is 0.367 e. The van der Waals surface area contributed by atoms with Crippen molar-refractivity contribution in [3.05, 3.63) is 47.5 Å². The molecule has 130 valence electrons. The van der Waals surface area contributed by atoms with E-state index in [0.717, 1.165) is 44.0 Å². The van der Waals surface area contributed by atoms with Crippen molar-refractivity contribution < 1.29 is 4.39 Å². The van der Waals surface area contributed by atoms with Crippen LogP contribution in [0.1, 0.15) is 6.92 Å². The summed E-state index contributed by atoms with van der Waals surface area (Å²) in [5, 5.41) is 4.63. The Kier molecular flexibility index (Phi) is 4.31. The van der Waals surface area contributed by atoms with E-state index < -0.39 is 0 Å². The van der Waals surface area contributed by atoms with Crippen molar-refractivity contribution in [3.8, 4) is 11.3 Å². The Labute approximate surface area is 150 Å². The van der Waals surface area contributed by atoms with Crippen molar-refractivity contribution >= 4 is 22.9 Å². The average molecular weight is 360 g/mol. The molecule has 0 N–H and O–H groups in total. The molecule has 0 saturated carbocycles. The molecular formula is C18H19ClFN5. The van der Waals surface area contributed by atoms with E-state index >= 15 is 0 Å². The Morgan fingerprint density at radius 2 is 1.92 bits per heavy atom. The first-order valence-electron chi connectivity index (χ1n) is 8.43. The zero-order valence-electron chi connectivity index (χ0n) is 14.0. The van der Waals surface area contributed by atoms with Crippen LogP contribution in [0.15, 0.2) is 36.5 Å². The van der Waals surface area contributed by atoms with Crippen LogP contribution in [0, 0.1) is 5.82 Å². The molecule has 25 heavy (non-hydrogen) atoms. The van der Waals surface area contributed by atoms with E-state index in [-0.39, 0.29) is 5.82 Å². The summed E-state index contributed by atoms with van der Waals surface area (Å²) in [4.78, 5) is 8.78. The third kappa shape index (κ3) is 3.07. The number of imidazole rings is 1. The highest BCUT2D eigenvalue weighted by molar-refractivity contribution is 6.29. The molecule has 4 rings (SSSR count). The lowest BCUT2D eigenvalue weighted by Crippen LogP contribution is -2.46. The molecular weight excluding hydrogens is 341 g/mol. The first-order chi connectivity index (χ1) is 12.2. The van der Waals surface area contributed by atoms with E-state index in [1.807, 2.05) is 12.1 Å². The number of likely N-dealkylation sites (N-methyl/N-ethyl adjacent to an activating group) is 1. The summed E-state index contributed by atoms with van der Waals surface area (Å²) in [5.41, 5.74) is 2.79. The molecule has 1 saturated heterocycles. The standard InChI is InChI=1S/C18H19ClFN5/c1-2-23-7-9-24(10-8-23)15-4-3-13(11-14(15)20)16-12-21-18-6-5-17(19)22-25(16)18/h3-6,11-12H,2,7-10H2,1H3. The average Bonchev–Trinajstić information content (AvgIpc) is 3.05. The number of rotatable bonds is 3. The van der Waals surface area contributed by atoms with Crippen molar-refractivity contribution in [2.45, 2.75) is 6.92 Å². The Morgan fingerprint density at radius 1 is 1.12 bits per heavy atom. The van der Waals surface area contributed by atoms with Crippen molar-refractivity contribution in [3.63, 3.8) is 0 Å². The number of nitrogens with zero attached hydrogens (tertiary/aromatic N) is 5. The number of aromatic nitrogens is 3. The maximum atomic E-state index is 14.8. The SMILES string of the molecule is CCN1CCN(c2ccc(-c3cnc4ccc(Cl)nn34)cc2F)CC1. The van der Waals surface area contributed by atoms with E-state index in [1.54, 1.807) is 28.9 Å². The molecule has 3 aromatic rings. The van der Waals surface area contributed by atoms with Gasteiger partial charge in [0.1, 0.15) is 11.0 Å². The molecule has 0 unspecified atom stereocenters. The minimum absolute atomic E-state index is 0.223. The van der Waals surface area contributed by atoms with Gasteiger partial charge in [-0.25, -0.2) is 13.9 Å². The first kappa shape index (κ1) is 16.3. The molecule has 1 aliphatic rings. The number of anilines is 1. The highest BCUT2D eigenvalue weighted by Gasteiger charge is 2.19. The zero-order chi connectivity index (χ0) is 17.4. The fourth-order valence-corrected chi connectivity index (χ4v) is 3.41. The van der Waals surface area contributed by atoms with Gasteiger partial charge in [-0.15, -0.1) is 0 Å². The van der Waals surface area contributed by atoms with Crippen LogP contribution in [0.4, 0.5) is 10.1 Å². The molecule has 1 aromatic carbocycles. The molecule has 3 heterocycles. The van der Waals surface area contributed by atoms with E-state index in [9.17, 15) is 4.39 Å². The van der Waals surface area contributed by atoms with Crippen LogP contribution >= 0.6 is 11.6 Å². The summed E-state index contributed by atoms with van der Waals surface area (Å²) in [7, 11) is 0. The van der Waals surface area contributed by atoms with E-state index in [4.69, 9.17) is 11.6 Å². The smallest absolute Gasteiger partial charge is 0.154 e. The lowest BCUT2D eigenvalue weighted by molar-refractivity contribution is 0.270. The third-order valence-electron chi connectivity index (χ3n) is 4.73. The Balaban J connectivity index is 1.64. The monoisotopic (exact) mass is 359 g/mol. The lowest BCUT2D eigenvalue weighted by atomic mass is 10.1. The minimum Gasteiger partial charge on any atom is -0.367 e. The van der Waals surface area contributed by atoms with Gasteiger partial charge in [0.25, 0.3) is 0 Å². The van der Waals surface area contributed by atoms with E-state index in [2.05, 4.69) is 26.8 Å². The van der Waals surface area contributed by atoms with Crippen molar-refractivity contribution in [2.24, 2.45) is 0 Å². The molecule has 5 nitrogen and oxygen atoms in total. The van der Waals surface area contributed by atoms with E-state index in [1.165, 1.54) is 0 Å². The second-order valence-corrected chi connectivity index (χ2v) is 6.54. The molecule has 0 atom stereocenters.